The van der Waals surface area contributed by atoms with E-state index in [0.717, 1.165) is 35.3 Å². The molecule has 1 N–H and O–H groups in total. The number of carbonyl (C=O) groups is 2. The molecule has 0 aliphatic heterocycles. The van der Waals surface area contributed by atoms with Crippen molar-refractivity contribution >= 4 is 38.1 Å². The fourth-order valence-electron chi connectivity index (χ4n) is 3.87. The lowest BCUT2D eigenvalue weighted by molar-refractivity contribution is -0.113. The van der Waals surface area contributed by atoms with E-state index >= 15 is 0 Å². The van der Waals surface area contributed by atoms with Crippen LogP contribution in [0.4, 0.5) is 5.00 Å². The van der Waals surface area contributed by atoms with Crippen molar-refractivity contribution in [1.29, 1.82) is 0 Å². The van der Waals surface area contributed by atoms with Crippen LogP contribution in [0.5, 0.6) is 0 Å². The normalized spacial score (nSPS) is 13.5. The van der Waals surface area contributed by atoms with Crippen molar-refractivity contribution in [2.24, 2.45) is 0 Å². The highest BCUT2D eigenvalue weighted by Gasteiger charge is 2.31. The average Bonchev–Trinajstić information content (AvgIpc) is 3.49. The van der Waals surface area contributed by atoms with Gasteiger partial charge in [-0.1, -0.05) is 38.0 Å². The van der Waals surface area contributed by atoms with Gasteiger partial charge in [0, 0.05) is 10.4 Å². The SMILES string of the molecule is CCOC(=O)c1c(NC(=O)CS(=O)(=O)c2nnc(-c3ccc(C(C)(C)C)cc3)o2)sc2c1CCC2. The van der Waals surface area contributed by atoms with Crippen LogP contribution in [0, 0.1) is 0 Å². The van der Waals surface area contributed by atoms with Crippen LogP contribution in [0.3, 0.4) is 0 Å². The van der Waals surface area contributed by atoms with Gasteiger partial charge in [0.05, 0.1) is 12.2 Å². The van der Waals surface area contributed by atoms with E-state index in [0.29, 0.717) is 16.1 Å². The molecule has 0 atom stereocenters. The first-order valence-electron chi connectivity index (χ1n) is 11.3. The van der Waals surface area contributed by atoms with Gasteiger partial charge in [-0.25, -0.2) is 13.2 Å². The third-order valence-corrected chi connectivity index (χ3v) is 8.19. The van der Waals surface area contributed by atoms with Gasteiger partial charge in [-0.05, 0) is 54.9 Å². The summed E-state index contributed by atoms with van der Waals surface area (Å²) < 4.78 is 36.1. The third kappa shape index (κ3) is 5.30. The Morgan fingerprint density at radius 3 is 2.51 bits per heavy atom. The average molecular weight is 518 g/mol. The number of hydrogen-bond donors (Lipinski definition) is 1. The topological polar surface area (TPSA) is 128 Å². The quantitative estimate of drug-likeness (QED) is 0.462. The molecule has 0 radical (unpaired) electrons. The van der Waals surface area contributed by atoms with Crippen molar-refractivity contribution in [3.05, 3.63) is 45.8 Å². The molecule has 11 heteroatoms. The lowest BCUT2D eigenvalue weighted by atomic mass is 9.87. The van der Waals surface area contributed by atoms with E-state index in [2.05, 4.69) is 36.3 Å². The van der Waals surface area contributed by atoms with Gasteiger partial charge in [-0.15, -0.1) is 16.4 Å². The van der Waals surface area contributed by atoms with E-state index in [1.165, 1.54) is 11.3 Å². The van der Waals surface area contributed by atoms with Crippen LogP contribution >= 0.6 is 11.3 Å². The van der Waals surface area contributed by atoms with Gasteiger partial charge in [-0.2, -0.15) is 0 Å². The van der Waals surface area contributed by atoms with Crippen LogP contribution in [0.15, 0.2) is 33.9 Å². The second-order valence-electron chi connectivity index (χ2n) is 9.29. The van der Waals surface area contributed by atoms with E-state index in [1.54, 1.807) is 19.1 Å². The fourth-order valence-corrected chi connectivity index (χ4v) is 6.08. The van der Waals surface area contributed by atoms with Gasteiger partial charge >= 0.3 is 11.2 Å². The van der Waals surface area contributed by atoms with Gasteiger partial charge in [0.2, 0.25) is 21.6 Å². The molecule has 2 heterocycles. The molecule has 35 heavy (non-hydrogen) atoms. The van der Waals surface area contributed by atoms with Crippen molar-refractivity contribution < 1.29 is 27.2 Å². The number of amides is 1. The van der Waals surface area contributed by atoms with Gasteiger partial charge in [0.25, 0.3) is 0 Å². The van der Waals surface area contributed by atoms with Crippen LogP contribution in [-0.4, -0.2) is 42.9 Å². The summed E-state index contributed by atoms with van der Waals surface area (Å²) in [7, 11) is -4.20. The summed E-state index contributed by atoms with van der Waals surface area (Å²) in [5.41, 5.74) is 2.82. The third-order valence-electron chi connectivity index (χ3n) is 5.65. The highest BCUT2D eigenvalue weighted by atomic mass is 32.2. The van der Waals surface area contributed by atoms with Crippen molar-refractivity contribution in [2.45, 2.75) is 57.6 Å². The molecule has 1 aromatic carbocycles. The van der Waals surface area contributed by atoms with Crippen LogP contribution in [0.25, 0.3) is 11.5 Å². The number of rotatable bonds is 7. The highest BCUT2D eigenvalue weighted by Crippen LogP contribution is 2.39. The molecule has 0 saturated heterocycles. The highest BCUT2D eigenvalue weighted by molar-refractivity contribution is 7.91. The largest absolute Gasteiger partial charge is 0.462 e. The van der Waals surface area contributed by atoms with Gasteiger partial charge < -0.3 is 14.5 Å². The van der Waals surface area contributed by atoms with E-state index in [4.69, 9.17) is 9.15 Å². The predicted octanol–water partition coefficient (Wildman–Crippen LogP) is 4.17. The van der Waals surface area contributed by atoms with Crippen molar-refractivity contribution in [1.82, 2.24) is 10.2 Å². The standard InChI is InChI=1S/C24H27N3O6S2/c1-5-32-22(29)19-16-7-6-8-17(16)34-21(19)25-18(28)13-35(30,31)23-27-26-20(33-23)14-9-11-15(12-10-14)24(2,3)4/h9-12H,5-8,13H2,1-4H3,(H,25,28). The molecule has 3 aromatic rings. The Morgan fingerprint density at radius 2 is 1.86 bits per heavy atom. The molecule has 0 spiro atoms. The molecule has 1 aliphatic carbocycles. The second kappa shape index (κ2) is 9.54. The molecule has 186 valence electrons. The molecule has 4 rings (SSSR count). The maximum Gasteiger partial charge on any atom is 0.341 e. The summed E-state index contributed by atoms with van der Waals surface area (Å²) in [5.74, 6) is -2.18. The molecular formula is C24H27N3O6S2. The monoisotopic (exact) mass is 517 g/mol. The lowest BCUT2D eigenvalue weighted by Gasteiger charge is -2.18. The predicted molar refractivity (Wildman–Crippen MR) is 131 cm³/mol. The maximum absolute atomic E-state index is 12.8. The summed E-state index contributed by atoms with van der Waals surface area (Å²) in [4.78, 5) is 26.1. The summed E-state index contributed by atoms with van der Waals surface area (Å²) >= 11 is 1.28. The number of hydrogen-bond acceptors (Lipinski definition) is 9. The first-order valence-corrected chi connectivity index (χ1v) is 13.7. The maximum atomic E-state index is 12.8. The molecule has 9 nitrogen and oxygen atoms in total. The zero-order valence-electron chi connectivity index (χ0n) is 20.0. The molecule has 1 aliphatic rings. The molecular weight excluding hydrogens is 490 g/mol. The van der Waals surface area contributed by atoms with Crippen molar-refractivity contribution in [2.75, 3.05) is 17.7 Å². The Hall–Kier alpha value is -3.05. The summed E-state index contributed by atoms with van der Waals surface area (Å²) in [6, 6.07) is 7.40. The van der Waals surface area contributed by atoms with Crippen molar-refractivity contribution in [3.63, 3.8) is 0 Å². The number of ether oxygens (including phenoxy) is 1. The summed E-state index contributed by atoms with van der Waals surface area (Å²) in [6.07, 6.45) is 2.45. The number of fused-ring (bicyclic) bond motifs is 1. The van der Waals surface area contributed by atoms with Gasteiger partial charge in [0.1, 0.15) is 10.8 Å². The second-order valence-corrected chi connectivity index (χ2v) is 12.3. The van der Waals surface area contributed by atoms with E-state index in [-0.39, 0.29) is 17.9 Å². The molecule has 0 saturated carbocycles. The summed E-state index contributed by atoms with van der Waals surface area (Å²) in [5, 5.41) is 9.73. The zero-order valence-corrected chi connectivity index (χ0v) is 21.6. The minimum absolute atomic E-state index is 0.0366. The Balaban J connectivity index is 1.49. The molecule has 0 unspecified atom stereocenters. The molecule has 0 bridgehead atoms. The number of benzene rings is 1. The number of carbonyl (C=O) groups excluding carboxylic acids is 2. The minimum Gasteiger partial charge on any atom is -0.462 e. The Bertz CT molecular complexity index is 1370. The Labute approximate surface area is 207 Å². The number of aromatic nitrogens is 2. The van der Waals surface area contributed by atoms with E-state index in [1.807, 2.05) is 12.1 Å². The first-order chi connectivity index (χ1) is 16.5. The number of anilines is 1. The van der Waals surface area contributed by atoms with Crippen LogP contribution in [0.1, 0.15) is 60.5 Å². The Kier molecular flexibility index (Phi) is 6.83. The summed E-state index contributed by atoms with van der Waals surface area (Å²) in [6.45, 7) is 8.16. The van der Waals surface area contributed by atoms with Crippen molar-refractivity contribution in [3.8, 4) is 11.5 Å². The number of thiophene rings is 1. The molecule has 0 fully saturated rings. The molecule has 2 aromatic heterocycles. The molecule has 1 amide bonds. The zero-order chi connectivity index (χ0) is 25.4. The van der Waals surface area contributed by atoms with Gasteiger partial charge in [0.15, 0.2) is 0 Å². The lowest BCUT2D eigenvalue weighted by Crippen LogP contribution is -2.24. The first kappa shape index (κ1) is 25.1. The number of esters is 1. The minimum atomic E-state index is -4.20. The number of sulfone groups is 1. The van der Waals surface area contributed by atoms with E-state index < -0.39 is 32.7 Å². The number of nitrogens with zero attached hydrogens (tertiary/aromatic N) is 2. The van der Waals surface area contributed by atoms with Crippen LogP contribution in [-0.2, 0) is 37.6 Å². The van der Waals surface area contributed by atoms with Crippen LogP contribution < -0.4 is 5.32 Å². The van der Waals surface area contributed by atoms with Crippen LogP contribution in [0.2, 0.25) is 0 Å². The smallest absolute Gasteiger partial charge is 0.341 e. The Morgan fingerprint density at radius 1 is 1.14 bits per heavy atom. The number of aryl methyl sites for hydroxylation is 1. The number of nitrogens with one attached hydrogen (secondary N) is 1. The van der Waals surface area contributed by atoms with Gasteiger partial charge in [-0.3, -0.25) is 4.79 Å². The fraction of sp³-hybridized carbons (Fsp3) is 0.417. The van der Waals surface area contributed by atoms with E-state index in [9.17, 15) is 18.0 Å².